The molecule has 0 N–H and O–H groups in total. The fraction of sp³-hybridized carbons (Fsp3) is 0.222. The molecule has 0 spiro atoms. The molecule has 1 amide bonds. The van der Waals surface area contributed by atoms with Crippen LogP contribution in [0.15, 0.2) is 39.6 Å². The number of thiazole rings is 1. The summed E-state index contributed by atoms with van der Waals surface area (Å²) in [6.07, 6.45) is 5.20. The van der Waals surface area contributed by atoms with Crippen molar-refractivity contribution < 1.29 is 13.7 Å². The van der Waals surface area contributed by atoms with Crippen LogP contribution in [0.5, 0.6) is 0 Å². The van der Waals surface area contributed by atoms with E-state index in [1.165, 1.54) is 33.1 Å². The smallest absolute Gasteiger partial charge is 0.282 e. The second-order valence-corrected chi connectivity index (χ2v) is 7.38. The number of aromatic nitrogens is 4. The van der Waals surface area contributed by atoms with Gasteiger partial charge in [0.15, 0.2) is 16.6 Å². The third-order valence-electron chi connectivity index (χ3n) is 4.68. The van der Waals surface area contributed by atoms with Crippen LogP contribution in [-0.2, 0) is 19.9 Å². The maximum absolute atomic E-state index is 12.8. The molecule has 0 saturated heterocycles. The summed E-state index contributed by atoms with van der Waals surface area (Å²) in [4.78, 5) is 20.2. The molecule has 0 aliphatic heterocycles. The predicted octanol–water partition coefficient (Wildman–Crippen LogP) is 3.17. The van der Waals surface area contributed by atoms with E-state index < -0.39 is 0 Å². The quantitative estimate of drug-likeness (QED) is 0.541. The number of hydrogen-bond acceptors (Lipinski definition) is 7. The van der Waals surface area contributed by atoms with Crippen molar-refractivity contribution in [2.45, 2.75) is 12.8 Å². The zero-order chi connectivity index (χ0) is 18.5. The van der Waals surface area contributed by atoms with Gasteiger partial charge >= 0.3 is 0 Å². The minimum absolute atomic E-state index is 0.208. The predicted molar refractivity (Wildman–Crippen MR) is 98.7 cm³/mol. The molecule has 0 bridgehead atoms. The number of hydrogen-bond donors (Lipinski definition) is 0. The SMILES string of the molecule is CN(C(=O)c1cc(-c2ccco2)on1)c1nc2c(s1)CCc1c-2cnn1C. The van der Waals surface area contributed by atoms with E-state index in [2.05, 4.69) is 10.3 Å². The molecule has 0 atom stereocenters. The van der Waals surface area contributed by atoms with E-state index in [1.807, 2.05) is 17.9 Å². The van der Waals surface area contributed by atoms with Gasteiger partial charge in [-0.15, -0.1) is 11.3 Å². The maximum Gasteiger partial charge on any atom is 0.282 e. The Hall–Kier alpha value is -3.20. The molecule has 1 aliphatic rings. The van der Waals surface area contributed by atoms with E-state index in [-0.39, 0.29) is 11.6 Å². The molecule has 4 aromatic rings. The summed E-state index contributed by atoms with van der Waals surface area (Å²) in [6, 6.07) is 5.07. The number of fused-ring (bicyclic) bond motifs is 3. The van der Waals surface area contributed by atoms with Crippen molar-refractivity contribution in [3.8, 4) is 22.8 Å². The first-order valence-electron chi connectivity index (χ1n) is 8.41. The van der Waals surface area contributed by atoms with Crippen LogP contribution in [0.3, 0.4) is 0 Å². The molecular weight excluding hydrogens is 366 g/mol. The van der Waals surface area contributed by atoms with E-state index in [4.69, 9.17) is 13.9 Å². The van der Waals surface area contributed by atoms with Crippen molar-refractivity contribution in [2.24, 2.45) is 7.05 Å². The van der Waals surface area contributed by atoms with Gasteiger partial charge in [0.05, 0.1) is 18.2 Å². The lowest BCUT2D eigenvalue weighted by atomic mass is 10.0. The van der Waals surface area contributed by atoms with Gasteiger partial charge in [-0.05, 0) is 25.0 Å². The Labute approximate surface area is 158 Å². The molecule has 4 aromatic heterocycles. The highest BCUT2D eigenvalue weighted by Gasteiger charge is 2.27. The third-order valence-corrected chi connectivity index (χ3v) is 5.87. The highest BCUT2D eigenvalue weighted by atomic mass is 32.1. The molecule has 4 heterocycles. The first kappa shape index (κ1) is 16.0. The van der Waals surface area contributed by atoms with Gasteiger partial charge in [0.2, 0.25) is 5.76 Å². The molecule has 0 aromatic carbocycles. The van der Waals surface area contributed by atoms with E-state index in [0.29, 0.717) is 16.7 Å². The molecule has 136 valence electrons. The topological polar surface area (TPSA) is 90.2 Å². The summed E-state index contributed by atoms with van der Waals surface area (Å²) in [5, 5.41) is 8.84. The Kier molecular flexibility index (Phi) is 3.51. The van der Waals surface area contributed by atoms with Crippen LogP contribution >= 0.6 is 11.3 Å². The van der Waals surface area contributed by atoms with E-state index in [1.54, 1.807) is 25.2 Å². The second-order valence-electron chi connectivity index (χ2n) is 6.31. The van der Waals surface area contributed by atoms with Gasteiger partial charge in [-0.1, -0.05) is 5.16 Å². The van der Waals surface area contributed by atoms with E-state index in [9.17, 15) is 4.79 Å². The number of nitrogens with zero attached hydrogens (tertiary/aromatic N) is 5. The molecule has 0 fully saturated rings. The Bertz CT molecular complexity index is 1140. The lowest BCUT2D eigenvalue weighted by molar-refractivity contribution is 0.0984. The molecule has 1 aliphatic carbocycles. The van der Waals surface area contributed by atoms with Crippen LogP contribution in [-0.4, -0.2) is 32.9 Å². The van der Waals surface area contributed by atoms with Crippen molar-refractivity contribution >= 4 is 22.4 Å². The minimum Gasteiger partial charge on any atom is -0.461 e. The average molecular weight is 381 g/mol. The number of furan rings is 1. The largest absolute Gasteiger partial charge is 0.461 e. The molecule has 5 rings (SSSR count). The first-order valence-corrected chi connectivity index (χ1v) is 9.23. The van der Waals surface area contributed by atoms with Gasteiger partial charge in [0.25, 0.3) is 5.91 Å². The van der Waals surface area contributed by atoms with Crippen molar-refractivity contribution in [1.82, 2.24) is 19.9 Å². The highest BCUT2D eigenvalue weighted by Crippen LogP contribution is 2.39. The van der Waals surface area contributed by atoms with Gasteiger partial charge in [0, 0.05) is 36.3 Å². The van der Waals surface area contributed by atoms with Gasteiger partial charge in [-0.3, -0.25) is 14.4 Å². The number of rotatable bonds is 3. The number of aryl methyl sites for hydroxylation is 2. The maximum atomic E-state index is 12.8. The van der Waals surface area contributed by atoms with Crippen molar-refractivity contribution in [3.63, 3.8) is 0 Å². The highest BCUT2D eigenvalue weighted by molar-refractivity contribution is 7.16. The van der Waals surface area contributed by atoms with Crippen LogP contribution in [0, 0.1) is 0 Å². The molecule has 0 radical (unpaired) electrons. The molecule has 0 saturated carbocycles. The number of amides is 1. The van der Waals surface area contributed by atoms with Crippen molar-refractivity contribution in [1.29, 1.82) is 0 Å². The van der Waals surface area contributed by atoms with Gasteiger partial charge in [-0.25, -0.2) is 4.98 Å². The van der Waals surface area contributed by atoms with Gasteiger partial charge in [-0.2, -0.15) is 5.10 Å². The van der Waals surface area contributed by atoms with Crippen molar-refractivity contribution in [3.05, 3.63) is 46.9 Å². The van der Waals surface area contributed by atoms with Crippen LogP contribution < -0.4 is 4.90 Å². The number of anilines is 1. The molecule has 8 nitrogen and oxygen atoms in total. The summed E-state index contributed by atoms with van der Waals surface area (Å²) in [5.74, 6) is 0.655. The zero-order valence-corrected chi connectivity index (χ0v) is 15.5. The van der Waals surface area contributed by atoms with Crippen molar-refractivity contribution in [2.75, 3.05) is 11.9 Å². The van der Waals surface area contributed by atoms with Crippen LogP contribution in [0.25, 0.3) is 22.8 Å². The molecular formula is C18H15N5O3S. The fourth-order valence-corrected chi connectivity index (χ4v) is 4.25. The summed E-state index contributed by atoms with van der Waals surface area (Å²) >= 11 is 1.52. The lowest BCUT2D eigenvalue weighted by Gasteiger charge is -2.11. The summed E-state index contributed by atoms with van der Waals surface area (Å²) in [6.45, 7) is 0. The third kappa shape index (κ3) is 2.50. The Morgan fingerprint density at radius 3 is 3.04 bits per heavy atom. The molecule has 9 heteroatoms. The zero-order valence-electron chi connectivity index (χ0n) is 14.7. The summed E-state index contributed by atoms with van der Waals surface area (Å²) in [7, 11) is 3.63. The van der Waals surface area contributed by atoms with Crippen LogP contribution in [0.4, 0.5) is 5.13 Å². The fourth-order valence-electron chi connectivity index (χ4n) is 3.22. The molecule has 0 unspecified atom stereocenters. The second kappa shape index (κ2) is 5.92. The molecule has 27 heavy (non-hydrogen) atoms. The Morgan fingerprint density at radius 1 is 1.33 bits per heavy atom. The van der Waals surface area contributed by atoms with Gasteiger partial charge < -0.3 is 8.94 Å². The minimum atomic E-state index is -0.283. The Balaban J connectivity index is 1.44. The van der Waals surface area contributed by atoms with Crippen LogP contribution in [0.2, 0.25) is 0 Å². The lowest BCUT2D eigenvalue weighted by Crippen LogP contribution is -2.26. The normalized spacial score (nSPS) is 12.7. The van der Waals surface area contributed by atoms with E-state index in [0.717, 1.165) is 24.1 Å². The number of carbonyl (C=O) groups excluding carboxylic acids is 1. The first-order chi connectivity index (χ1) is 13.1. The standard InChI is InChI=1S/C18H15N5O3S/c1-22(17(24)11-8-14(26-21-11)13-4-3-7-25-13)18-20-16-10-9-19-23(2)12(10)5-6-15(16)27-18/h3-4,7-9H,5-6H2,1-2H3. The summed E-state index contributed by atoms with van der Waals surface area (Å²) < 4.78 is 12.4. The summed E-state index contributed by atoms with van der Waals surface area (Å²) in [5.41, 5.74) is 3.34. The van der Waals surface area contributed by atoms with E-state index >= 15 is 0 Å². The van der Waals surface area contributed by atoms with Gasteiger partial charge in [0.1, 0.15) is 0 Å². The van der Waals surface area contributed by atoms with Crippen LogP contribution in [0.1, 0.15) is 21.1 Å². The monoisotopic (exact) mass is 381 g/mol. The Morgan fingerprint density at radius 2 is 2.22 bits per heavy atom. The average Bonchev–Trinajstić information content (AvgIpc) is 3.44. The number of carbonyl (C=O) groups is 1.